The van der Waals surface area contributed by atoms with Crippen LogP contribution in [0.3, 0.4) is 0 Å². The Balaban J connectivity index is 1.60. The average molecular weight is 489 g/mol. The summed E-state index contributed by atoms with van der Waals surface area (Å²) < 4.78 is 11.5. The number of carboxylic acid groups (broad SMARTS) is 1. The monoisotopic (exact) mass is 488 g/mol. The van der Waals surface area contributed by atoms with E-state index in [1.807, 2.05) is 68.5 Å². The first-order valence-electron chi connectivity index (χ1n) is 12.4. The summed E-state index contributed by atoms with van der Waals surface area (Å²) >= 11 is 0. The van der Waals surface area contributed by atoms with Crippen molar-refractivity contribution in [3.05, 3.63) is 95.6 Å². The lowest BCUT2D eigenvalue weighted by molar-refractivity contribution is -0.166. The number of ether oxygens (including phenoxy) is 2. The Hall–Kier alpha value is -3.41. The Labute approximate surface area is 214 Å². The minimum atomic E-state index is -1.20. The van der Waals surface area contributed by atoms with Crippen molar-refractivity contribution >= 4 is 11.5 Å². The van der Waals surface area contributed by atoms with Gasteiger partial charge in [0.2, 0.25) is 0 Å². The van der Waals surface area contributed by atoms with E-state index in [1.54, 1.807) is 6.92 Å². The summed E-state index contributed by atoms with van der Waals surface area (Å²) in [4.78, 5) is 11.8. The van der Waals surface area contributed by atoms with Crippen LogP contribution in [0.15, 0.2) is 78.9 Å². The maximum atomic E-state index is 11.8. The quantitative estimate of drug-likeness (QED) is 0.297. The second-order valence-corrected chi connectivity index (χ2v) is 8.98. The number of aliphatic hydroxyl groups is 1. The Morgan fingerprint density at radius 2 is 1.69 bits per heavy atom. The lowest BCUT2D eigenvalue weighted by Crippen LogP contribution is -2.43. The minimum Gasteiger partial charge on any atom is -0.490 e. The van der Waals surface area contributed by atoms with Crippen molar-refractivity contribution in [2.45, 2.75) is 52.2 Å². The van der Waals surface area contributed by atoms with Gasteiger partial charge in [0, 0.05) is 13.0 Å². The molecule has 36 heavy (non-hydrogen) atoms. The highest BCUT2D eigenvalue weighted by atomic mass is 16.5. The van der Waals surface area contributed by atoms with Gasteiger partial charge in [-0.2, -0.15) is 0 Å². The standard InChI is InChI=1S/C31H36O5/c1-5-31(30(33)34,36-6-2)21-24-10-16-29(17-11-24)35-19-18-22(3)25-12-14-26(15-13-25)28-9-7-8-27(20-28)23(4)32/h7-18,20,23,32H,5-6,19,21H2,1-4H3,(H,33,34)/t23-,31-/m0/s1. The van der Waals surface area contributed by atoms with Crippen molar-refractivity contribution in [2.24, 2.45) is 0 Å². The summed E-state index contributed by atoms with van der Waals surface area (Å²) in [5.74, 6) is -0.209. The Bertz CT molecular complexity index is 1160. The Kier molecular flexibility index (Phi) is 9.45. The molecule has 0 saturated heterocycles. The summed E-state index contributed by atoms with van der Waals surface area (Å²) in [6, 6.07) is 23.8. The zero-order valence-corrected chi connectivity index (χ0v) is 21.5. The van der Waals surface area contributed by atoms with E-state index in [-0.39, 0.29) is 0 Å². The third kappa shape index (κ3) is 6.84. The molecule has 0 spiro atoms. The van der Waals surface area contributed by atoms with E-state index in [0.29, 0.717) is 26.1 Å². The van der Waals surface area contributed by atoms with Crippen LogP contribution >= 0.6 is 0 Å². The molecule has 0 amide bonds. The molecule has 0 aliphatic carbocycles. The highest BCUT2D eigenvalue weighted by molar-refractivity contribution is 5.78. The molecule has 0 radical (unpaired) electrons. The van der Waals surface area contributed by atoms with Crippen molar-refractivity contribution in [1.82, 2.24) is 0 Å². The largest absolute Gasteiger partial charge is 0.490 e. The molecule has 3 rings (SSSR count). The number of rotatable bonds is 12. The molecule has 0 aliphatic heterocycles. The molecule has 2 atom stereocenters. The topological polar surface area (TPSA) is 76.0 Å². The van der Waals surface area contributed by atoms with E-state index in [4.69, 9.17) is 9.47 Å². The predicted octanol–water partition coefficient (Wildman–Crippen LogP) is 6.70. The van der Waals surface area contributed by atoms with Crippen LogP contribution in [0.4, 0.5) is 0 Å². The van der Waals surface area contributed by atoms with Crippen LogP contribution in [0.2, 0.25) is 0 Å². The number of benzene rings is 3. The Morgan fingerprint density at radius 1 is 1.00 bits per heavy atom. The fourth-order valence-corrected chi connectivity index (χ4v) is 4.16. The van der Waals surface area contributed by atoms with Gasteiger partial charge < -0.3 is 19.7 Å². The molecule has 0 aromatic heterocycles. The summed E-state index contributed by atoms with van der Waals surface area (Å²) in [5, 5.41) is 19.5. The molecule has 0 saturated carbocycles. The number of aliphatic hydroxyl groups excluding tert-OH is 1. The van der Waals surface area contributed by atoms with Gasteiger partial charge in [0.15, 0.2) is 5.60 Å². The maximum Gasteiger partial charge on any atom is 0.336 e. The second-order valence-electron chi connectivity index (χ2n) is 8.98. The van der Waals surface area contributed by atoms with E-state index in [9.17, 15) is 15.0 Å². The van der Waals surface area contributed by atoms with E-state index in [1.165, 1.54) is 0 Å². The molecule has 0 aliphatic rings. The van der Waals surface area contributed by atoms with Crippen molar-refractivity contribution in [2.75, 3.05) is 13.2 Å². The van der Waals surface area contributed by atoms with Gasteiger partial charge in [0.25, 0.3) is 0 Å². The summed E-state index contributed by atoms with van der Waals surface area (Å²) in [6.45, 7) is 8.25. The average Bonchev–Trinajstić information content (AvgIpc) is 2.89. The molecule has 3 aromatic rings. The number of carboxylic acids is 1. The van der Waals surface area contributed by atoms with Crippen molar-refractivity contribution in [3.8, 4) is 16.9 Å². The molecule has 2 N–H and O–H groups in total. The molecule has 0 fully saturated rings. The predicted molar refractivity (Wildman–Crippen MR) is 144 cm³/mol. The number of hydrogen-bond donors (Lipinski definition) is 2. The van der Waals surface area contributed by atoms with E-state index in [0.717, 1.165) is 39.1 Å². The van der Waals surface area contributed by atoms with E-state index < -0.39 is 17.7 Å². The van der Waals surface area contributed by atoms with Crippen LogP contribution in [0.5, 0.6) is 5.75 Å². The molecule has 3 aromatic carbocycles. The second kappa shape index (κ2) is 12.5. The van der Waals surface area contributed by atoms with Crippen LogP contribution in [-0.2, 0) is 16.0 Å². The molecule has 0 heterocycles. The molecule has 5 nitrogen and oxygen atoms in total. The number of aliphatic carboxylic acids is 1. The van der Waals surface area contributed by atoms with Crippen LogP contribution in [-0.4, -0.2) is 35.0 Å². The van der Waals surface area contributed by atoms with Crippen molar-refractivity contribution in [1.29, 1.82) is 0 Å². The van der Waals surface area contributed by atoms with Gasteiger partial charge in [0.1, 0.15) is 12.4 Å². The SMILES string of the molecule is CCO[C@@](CC)(Cc1ccc(OCC=C(C)c2ccc(-c3cccc([C@H](C)O)c3)cc2)cc1)C(=O)O. The zero-order valence-electron chi connectivity index (χ0n) is 21.5. The first-order chi connectivity index (χ1) is 17.3. The lowest BCUT2D eigenvalue weighted by Gasteiger charge is -2.28. The van der Waals surface area contributed by atoms with Crippen molar-refractivity contribution < 1.29 is 24.5 Å². The third-order valence-electron chi connectivity index (χ3n) is 6.48. The fourth-order valence-electron chi connectivity index (χ4n) is 4.16. The molecule has 0 unspecified atom stereocenters. The van der Waals surface area contributed by atoms with Gasteiger partial charge in [0.05, 0.1) is 6.10 Å². The third-order valence-corrected chi connectivity index (χ3v) is 6.48. The molecule has 5 heteroatoms. The highest BCUT2D eigenvalue weighted by Crippen LogP contribution is 2.26. The fraction of sp³-hybridized carbons (Fsp3) is 0.323. The van der Waals surface area contributed by atoms with Crippen LogP contribution in [0.1, 0.15) is 56.9 Å². The highest BCUT2D eigenvalue weighted by Gasteiger charge is 2.37. The first-order valence-corrected chi connectivity index (χ1v) is 12.4. The van der Waals surface area contributed by atoms with E-state index >= 15 is 0 Å². The van der Waals surface area contributed by atoms with Crippen molar-refractivity contribution in [3.63, 3.8) is 0 Å². The van der Waals surface area contributed by atoms with Gasteiger partial charge in [-0.3, -0.25) is 0 Å². The summed E-state index contributed by atoms with van der Waals surface area (Å²) in [5.41, 5.74) is 5.00. The normalized spacial score (nSPS) is 14.2. The van der Waals surface area contributed by atoms with E-state index in [2.05, 4.69) is 31.2 Å². The molecular formula is C31H36O5. The molecular weight excluding hydrogens is 452 g/mol. The molecule has 190 valence electrons. The van der Waals surface area contributed by atoms with Gasteiger partial charge in [-0.25, -0.2) is 4.79 Å². The number of allylic oxidation sites excluding steroid dienone is 1. The van der Waals surface area contributed by atoms with Gasteiger partial charge in [-0.1, -0.05) is 61.5 Å². The smallest absolute Gasteiger partial charge is 0.336 e. The summed E-state index contributed by atoms with van der Waals surface area (Å²) in [6.07, 6.45) is 2.26. The number of hydrogen-bond acceptors (Lipinski definition) is 4. The van der Waals surface area contributed by atoms with Gasteiger partial charge in [-0.05, 0) is 84.9 Å². The molecule has 0 bridgehead atoms. The van der Waals surface area contributed by atoms with Gasteiger partial charge in [-0.15, -0.1) is 0 Å². The Morgan fingerprint density at radius 3 is 2.28 bits per heavy atom. The zero-order chi connectivity index (χ0) is 26.1. The first kappa shape index (κ1) is 27.2. The van der Waals surface area contributed by atoms with Crippen LogP contribution in [0.25, 0.3) is 16.7 Å². The lowest BCUT2D eigenvalue weighted by atomic mass is 9.91. The maximum absolute atomic E-state index is 11.8. The number of carbonyl (C=O) groups is 1. The summed E-state index contributed by atoms with van der Waals surface area (Å²) in [7, 11) is 0. The minimum absolute atomic E-state index is 0.311. The van der Waals surface area contributed by atoms with Gasteiger partial charge >= 0.3 is 5.97 Å². The van der Waals surface area contributed by atoms with Crippen LogP contribution in [0, 0.1) is 0 Å². The van der Waals surface area contributed by atoms with Crippen LogP contribution < -0.4 is 4.74 Å².